The number of aryl methyl sites for hydroxylation is 1. The summed E-state index contributed by atoms with van der Waals surface area (Å²) in [5, 5.41) is 11.1. The van der Waals surface area contributed by atoms with Crippen molar-refractivity contribution in [1.82, 2.24) is 0 Å². The van der Waals surface area contributed by atoms with Crippen LogP contribution in [0.5, 0.6) is 5.75 Å². The number of carbonyl (C=O) groups is 1. The van der Waals surface area contributed by atoms with Crippen LogP contribution in [-0.4, -0.2) is 29.9 Å². The fraction of sp³-hybridized carbons (Fsp3) is 0.381. The van der Waals surface area contributed by atoms with Crippen LogP contribution < -0.4 is 4.90 Å². The van der Waals surface area contributed by atoms with E-state index < -0.39 is 29.4 Å². The fourth-order valence-corrected chi connectivity index (χ4v) is 3.82. The van der Waals surface area contributed by atoms with Gasteiger partial charge < -0.3 is 10.0 Å². The molecule has 1 heterocycles. The monoisotopic (exact) mass is 460 g/mol. The molecule has 0 saturated carbocycles. The summed E-state index contributed by atoms with van der Waals surface area (Å²) in [5.74, 6) is -0.480. The number of phenols is 1. The van der Waals surface area contributed by atoms with Crippen molar-refractivity contribution >= 4 is 11.6 Å². The number of fused-ring (bicyclic) bond motifs is 1. The number of hydrogen-bond donors (Lipinski definition) is 1. The summed E-state index contributed by atoms with van der Waals surface area (Å²) in [6.07, 6.45) is -11.1. The summed E-state index contributed by atoms with van der Waals surface area (Å²) in [7, 11) is 0. The standard InChI is InChI=1S/C21H18F6N2O3/c22-20(23,24)19(28-32,21(25,26)27)15-7-8-17-14(12-15)5-1-2-9-29(17)18(31)11-13-4-3-6-16(30)10-13/h3-4,6-8,10,12,30H,1-2,5,9,11H2. The lowest BCUT2D eigenvalue weighted by atomic mass is 9.87. The van der Waals surface area contributed by atoms with Crippen molar-refractivity contribution in [2.75, 3.05) is 11.4 Å². The summed E-state index contributed by atoms with van der Waals surface area (Å²) >= 11 is 0. The predicted octanol–water partition coefficient (Wildman–Crippen LogP) is 5.39. The van der Waals surface area contributed by atoms with Crippen molar-refractivity contribution in [2.24, 2.45) is 5.18 Å². The number of phenolic OH excluding ortho intramolecular Hbond substituents is 1. The van der Waals surface area contributed by atoms with Gasteiger partial charge in [0, 0.05) is 17.8 Å². The number of benzene rings is 2. The van der Waals surface area contributed by atoms with Gasteiger partial charge in [-0.15, -0.1) is 4.91 Å². The van der Waals surface area contributed by atoms with Crippen LogP contribution in [0.2, 0.25) is 0 Å². The third kappa shape index (κ3) is 4.15. The third-order valence-electron chi connectivity index (χ3n) is 5.39. The van der Waals surface area contributed by atoms with E-state index in [-0.39, 0.29) is 36.4 Å². The Bertz CT molecular complexity index is 1010. The van der Waals surface area contributed by atoms with E-state index in [1.54, 1.807) is 12.1 Å². The van der Waals surface area contributed by atoms with Gasteiger partial charge in [-0.05, 0) is 53.8 Å². The molecule has 3 rings (SSSR count). The number of hydrogen-bond acceptors (Lipinski definition) is 4. The maximum Gasteiger partial charge on any atom is 0.430 e. The van der Waals surface area contributed by atoms with E-state index in [0.29, 0.717) is 30.5 Å². The van der Waals surface area contributed by atoms with Crippen LogP contribution in [0.1, 0.15) is 29.5 Å². The van der Waals surface area contributed by atoms with Crippen LogP contribution in [0.3, 0.4) is 0 Å². The Balaban J connectivity index is 2.03. The molecule has 1 aliphatic heterocycles. The Morgan fingerprint density at radius 2 is 1.69 bits per heavy atom. The van der Waals surface area contributed by atoms with Gasteiger partial charge in [0.15, 0.2) is 0 Å². The smallest absolute Gasteiger partial charge is 0.430 e. The number of nitroso groups, excluding NO2 is 1. The lowest BCUT2D eigenvalue weighted by molar-refractivity contribution is -0.301. The van der Waals surface area contributed by atoms with Crippen molar-refractivity contribution in [1.29, 1.82) is 0 Å². The first kappa shape index (κ1) is 23.6. The first-order valence-electron chi connectivity index (χ1n) is 9.60. The Morgan fingerprint density at radius 3 is 2.28 bits per heavy atom. The van der Waals surface area contributed by atoms with Crippen LogP contribution >= 0.6 is 0 Å². The van der Waals surface area contributed by atoms with E-state index in [4.69, 9.17) is 0 Å². The minimum atomic E-state index is -6.00. The molecule has 2 aromatic carbocycles. The van der Waals surface area contributed by atoms with Gasteiger partial charge in [-0.1, -0.05) is 24.3 Å². The summed E-state index contributed by atoms with van der Waals surface area (Å²) in [6.45, 7) is 0.222. The highest BCUT2D eigenvalue weighted by molar-refractivity contribution is 5.95. The number of rotatable bonds is 4. The van der Waals surface area contributed by atoms with E-state index in [2.05, 4.69) is 0 Å². The molecule has 0 atom stereocenters. The molecule has 0 saturated heterocycles. The van der Waals surface area contributed by atoms with Gasteiger partial charge in [0.25, 0.3) is 0 Å². The van der Waals surface area contributed by atoms with E-state index in [1.165, 1.54) is 22.2 Å². The van der Waals surface area contributed by atoms with Gasteiger partial charge in [-0.3, -0.25) is 4.79 Å². The van der Waals surface area contributed by atoms with E-state index in [0.717, 1.165) is 6.07 Å². The Hall–Kier alpha value is -3.11. The number of anilines is 1. The number of amides is 1. The molecule has 0 unspecified atom stereocenters. The molecule has 0 aliphatic carbocycles. The SMILES string of the molecule is O=NC(c1ccc2c(c1)CCCCN2C(=O)Cc1cccc(O)c1)(C(F)(F)F)C(F)(F)F. The van der Waals surface area contributed by atoms with E-state index in [1.807, 2.05) is 0 Å². The first-order chi connectivity index (χ1) is 14.9. The molecule has 5 nitrogen and oxygen atoms in total. The molecule has 0 bridgehead atoms. The van der Waals surface area contributed by atoms with E-state index >= 15 is 0 Å². The quantitative estimate of drug-likeness (QED) is 0.491. The molecular weight excluding hydrogens is 442 g/mol. The fourth-order valence-electron chi connectivity index (χ4n) is 3.82. The van der Waals surface area contributed by atoms with Crippen LogP contribution in [0.4, 0.5) is 32.0 Å². The van der Waals surface area contributed by atoms with Gasteiger partial charge in [0.2, 0.25) is 5.91 Å². The average Bonchev–Trinajstić information content (AvgIpc) is 2.89. The summed E-state index contributed by atoms with van der Waals surface area (Å²) < 4.78 is 80.7. The molecule has 32 heavy (non-hydrogen) atoms. The molecule has 172 valence electrons. The Morgan fingerprint density at radius 1 is 1.00 bits per heavy atom. The van der Waals surface area contributed by atoms with Crippen molar-refractivity contribution in [2.45, 2.75) is 43.6 Å². The zero-order chi connectivity index (χ0) is 23.7. The van der Waals surface area contributed by atoms with Gasteiger partial charge in [-0.25, -0.2) is 0 Å². The topological polar surface area (TPSA) is 70.0 Å². The van der Waals surface area contributed by atoms with Crippen molar-refractivity contribution in [3.8, 4) is 5.75 Å². The first-order valence-corrected chi connectivity index (χ1v) is 9.60. The highest BCUT2D eigenvalue weighted by Gasteiger charge is 2.74. The molecule has 0 spiro atoms. The molecule has 1 N–H and O–H groups in total. The largest absolute Gasteiger partial charge is 0.508 e. The van der Waals surface area contributed by atoms with Crippen molar-refractivity contribution in [3.05, 3.63) is 64.1 Å². The zero-order valence-corrected chi connectivity index (χ0v) is 16.5. The second-order valence-corrected chi connectivity index (χ2v) is 7.49. The van der Waals surface area contributed by atoms with Gasteiger partial charge in [0.05, 0.1) is 6.42 Å². The Kier molecular flexibility index (Phi) is 6.21. The molecule has 2 aromatic rings. The number of aromatic hydroxyl groups is 1. The third-order valence-corrected chi connectivity index (χ3v) is 5.39. The molecule has 0 radical (unpaired) electrons. The van der Waals surface area contributed by atoms with Crippen molar-refractivity contribution < 1.29 is 36.2 Å². The van der Waals surface area contributed by atoms with Crippen LogP contribution in [0.15, 0.2) is 47.6 Å². The minimum Gasteiger partial charge on any atom is -0.508 e. The lowest BCUT2D eigenvalue weighted by Crippen LogP contribution is -2.52. The van der Waals surface area contributed by atoms with Gasteiger partial charge in [0.1, 0.15) is 5.75 Å². The number of nitrogens with zero attached hydrogens (tertiary/aromatic N) is 2. The van der Waals surface area contributed by atoms with E-state index in [9.17, 15) is 41.2 Å². The Labute approximate surface area is 178 Å². The molecule has 1 aliphatic rings. The lowest BCUT2D eigenvalue weighted by Gasteiger charge is -2.32. The molecule has 11 heteroatoms. The summed E-state index contributed by atoms with van der Waals surface area (Å²) in [5.41, 5.74) is -5.48. The molecule has 0 aromatic heterocycles. The van der Waals surface area contributed by atoms with Crippen LogP contribution in [0.25, 0.3) is 0 Å². The highest BCUT2D eigenvalue weighted by Crippen LogP contribution is 2.53. The average molecular weight is 460 g/mol. The highest BCUT2D eigenvalue weighted by atomic mass is 19.4. The van der Waals surface area contributed by atoms with Gasteiger partial charge >= 0.3 is 17.9 Å². The predicted molar refractivity (Wildman–Crippen MR) is 103 cm³/mol. The normalized spacial score (nSPS) is 15.1. The molecular formula is C21H18F6N2O3. The number of halogens is 6. The zero-order valence-electron chi connectivity index (χ0n) is 16.5. The van der Waals surface area contributed by atoms with Crippen LogP contribution in [-0.2, 0) is 23.2 Å². The van der Waals surface area contributed by atoms with Crippen molar-refractivity contribution in [3.63, 3.8) is 0 Å². The summed E-state index contributed by atoms with van der Waals surface area (Å²) in [6, 6.07) is 8.16. The number of alkyl halides is 6. The molecule has 1 amide bonds. The summed E-state index contributed by atoms with van der Waals surface area (Å²) in [4.78, 5) is 25.2. The maximum atomic E-state index is 13.5. The second-order valence-electron chi connectivity index (χ2n) is 7.49. The van der Waals surface area contributed by atoms with Crippen LogP contribution in [0, 0.1) is 4.91 Å². The minimum absolute atomic E-state index is 0.0480. The molecule has 0 fully saturated rings. The second kappa shape index (κ2) is 8.44. The number of carbonyl (C=O) groups excluding carboxylic acids is 1. The van der Waals surface area contributed by atoms with Gasteiger partial charge in [-0.2, -0.15) is 26.3 Å². The maximum absolute atomic E-state index is 13.5.